The zero-order chi connectivity index (χ0) is 20.7. The van der Waals surface area contributed by atoms with E-state index in [0.717, 1.165) is 24.3 Å². The first kappa shape index (κ1) is 20.0. The molecule has 1 N–H and O–H groups in total. The fourth-order valence-electron chi connectivity index (χ4n) is 2.68. The molecule has 28 heavy (non-hydrogen) atoms. The van der Waals surface area contributed by atoms with Crippen LogP contribution in [0.25, 0.3) is 0 Å². The Morgan fingerprint density at radius 3 is 2.54 bits per heavy atom. The van der Waals surface area contributed by atoms with Gasteiger partial charge in [-0.2, -0.15) is 23.3 Å². The Balaban J connectivity index is 2.07. The number of hydrazone groups is 1. The molecule has 11 heteroatoms. The van der Waals surface area contributed by atoms with Crippen molar-refractivity contribution in [1.82, 2.24) is 5.01 Å². The number of rotatable bonds is 3. The topological polar surface area (TPSA) is 96.0 Å². The number of hydrogen-bond donors (Lipinski definition) is 1. The van der Waals surface area contributed by atoms with Crippen molar-refractivity contribution >= 4 is 33.2 Å². The van der Waals surface area contributed by atoms with Crippen LogP contribution in [0.5, 0.6) is 0 Å². The maximum Gasteiger partial charge on any atom is 0.438 e. The molecule has 146 valence electrons. The zero-order valence-electron chi connectivity index (χ0n) is 13.9. The number of non-ortho nitro benzene ring substituents is 1. The fraction of sp³-hybridized carbons (Fsp3) is 0.176. The molecule has 0 saturated heterocycles. The van der Waals surface area contributed by atoms with Gasteiger partial charge in [0.25, 0.3) is 17.3 Å². The summed E-state index contributed by atoms with van der Waals surface area (Å²) in [5.41, 5.74) is -4.33. The highest BCUT2D eigenvalue weighted by molar-refractivity contribution is 9.10. The number of amides is 1. The number of aliphatic hydroxyl groups is 1. The van der Waals surface area contributed by atoms with Gasteiger partial charge in [-0.15, -0.1) is 0 Å². The van der Waals surface area contributed by atoms with Crippen LogP contribution in [0.4, 0.5) is 18.9 Å². The minimum atomic E-state index is -5.21. The smallest absolute Gasteiger partial charge is 0.362 e. The molecule has 0 unspecified atom stereocenters. The molecule has 0 saturated carbocycles. The van der Waals surface area contributed by atoms with Gasteiger partial charge in [-0.3, -0.25) is 14.9 Å². The monoisotopic (exact) mass is 457 g/mol. The molecule has 7 nitrogen and oxygen atoms in total. The van der Waals surface area contributed by atoms with E-state index >= 15 is 0 Å². The zero-order valence-corrected chi connectivity index (χ0v) is 15.4. The quantitative estimate of drug-likeness (QED) is 0.558. The number of hydrogen-bond acceptors (Lipinski definition) is 5. The van der Waals surface area contributed by atoms with Crippen LogP contribution in [0.2, 0.25) is 0 Å². The van der Waals surface area contributed by atoms with Crippen LogP contribution in [-0.4, -0.2) is 38.6 Å². The highest BCUT2D eigenvalue weighted by Gasteiger charge is 2.63. The molecular weight excluding hydrogens is 447 g/mol. The van der Waals surface area contributed by atoms with Gasteiger partial charge in [-0.25, -0.2) is 0 Å². The molecule has 1 aliphatic heterocycles. The van der Waals surface area contributed by atoms with Crippen molar-refractivity contribution in [3.8, 4) is 0 Å². The van der Waals surface area contributed by atoms with Crippen LogP contribution in [0.15, 0.2) is 58.1 Å². The predicted octanol–water partition coefficient (Wildman–Crippen LogP) is 3.86. The van der Waals surface area contributed by atoms with Gasteiger partial charge in [-0.05, 0) is 23.8 Å². The Morgan fingerprint density at radius 2 is 1.93 bits per heavy atom. The van der Waals surface area contributed by atoms with Gasteiger partial charge in [0.2, 0.25) is 0 Å². The largest absolute Gasteiger partial charge is 0.438 e. The van der Waals surface area contributed by atoms with Crippen molar-refractivity contribution in [2.75, 3.05) is 0 Å². The number of alkyl halides is 3. The highest BCUT2D eigenvalue weighted by Crippen LogP contribution is 2.42. The first-order valence-electron chi connectivity index (χ1n) is 7.74. The summed E-state index contributed by atoms with van der Waals surface area (Å²) in [5, 5.41) is 24.8. The van der Waals surface area contributed by atoms with Gasteiger partial charge in [0, 0.05) is 22.2 Å². The van der Waals surface area contributed by atoms with Crippen LogP contribution in [0, 0.1) is 10.1 Å². The third kappa shape index (κ3) is 3.50. The van der Waals surface area contributed by atoms with Crippen LogP contribution < -0.4 is 0 Å². The highest BCUT2D eigenvalue weighted by atomic mass is 79.9. The van der Waals surface area contributed by atoms with E-state index in [1.54, 1.807) is 12.1 Å². The van der Waals surface area contributed by atoms with Crippen molar-refractivity contribution in [2.24, 2.45) is 5.10 Å². The Hall–Kier alpha value is -2.79. The number of nitrogens with zero attached hydrogens (tertiary/aromatic N) is 3. The van der Waals surface area contributed by atoms with E-state index in [2.05, 4.69) is 21.0 Å². The van der Waals surface area contributed by atoms with Crippen molar-refractivity contribution < 1.29 is 28.0 Å². The molecule has 0 spiro atoms. The lowest BCUT2D eigenvalue weighted by atomic mass is 10.0. The molecule has 3 rings (SSSR count). The summed E-state index contributed by atoms with van der Waals surface area (Å²) >= 11 is 3.20. The normalized spacial score (nSPS) is 19.5. The van der Waals surface area contributed by atoms with Crippen LogP contribution in [0.3, 0.4) is 0 Å². The molecule has 2 aromatic carbocycles. The van der Waals surface area contributed by atoms with E-state index in [9.17, 15) is 33.2 Å². The molecule has 1 aliphatic rings. The van der Waals surface area contributed by atoms with Crippen LogP contribution in [0.1, 0.15) is 22.3 Å². The molecule has 1 heterocycles. The van der Waals surface area contributed by atoms with Crippen molar-refractivity contribution in [3.05, 3.63) is 74.2 Å². The second-order valence-corrected chi connectivity index (χ2v) is 6.89. The third-order valence-electron chi connectivity index (χ3n) is 4.09. The minimum Gasteiger partial charge on any atom is -0.362 e. The number of nitro benzene ring substituents is 1. The van der Waals surface area contributed by atoms with E-state index in [0.29, 0.717) is 4.47 Å². The van der Waals surface area contributed by atoms with Crippen molar-refractivity contribution in [2.45, 2.75) is 18.3 Å². The Labute approximate surface area is 164 Å². The summed E-state index contributed by atoms with van der Waals surface area (Å²) in [6, 6.07) is 10.4. The standard InChI is InChI=1S/C17H11BrF3N3O4/c18-12-5-1-3-10(7-12)14-9-16(26,17(19,20)21)23(22-14)15(25)11-4-2-6-13(8-11)24(27)28/h1-8,26H,9H2/t16-/m0/s1. The number of nitro groups is 1. The lowest BCUT2D eigenvalue weighted by Gasteiger charge is -2.32. The number of carbonyl (C=O) groups excluding carboxylic acids is 1. The van der Waals surface area contributed by atoms with E-state index in [-0.39, 0.29) is 16.3 Å². The van der Waals surface area contributed by atoms with Crippen LogP contribution in [-0.2, 0) is 0 Å². The summed E-state index contributed by atoms with van der Waals surface area (Å²) in [6.45, 7) is 0. The Kier molecular flexibility index (Phi) is 4.98. The first-order valence-corrected chi connectivity index (χ1v) is 8.54. The predicted molar refractivity (Wildman–Crippen MR) is 95.6 cm³/mol. The fourth-order valence-corrected chi connectivity index (χ4v) is 3.08. The SMILES string of the molecule is O=C(c1cccc([N+](=O)[O-])c1)N1N=C(c2cccc(Br)c2)C[C@]1(O)C(F)(F)F. The molecule has 0 aliphatic carbocycles. The molecule has 0 fully saturated rings. The molecule has 0 aromatic heterocycles. The third-order valence-corrected chi connectivity index (χ3v) is 4.59. The summed E-state index contributed by atoms with van der Waals surface area (Å²) < 4.78 is 41.4. The summed E-state index contributed by atoms with van der Waals surface area (Å²) in [7, 11) is 0. The average Bonchev–Trinajstić information content (AvgIpc) is 3.00. The van der Waals surface area contributed by atoms with Crippen molar-refractivity contribution in [1.29, 1.82) is 0 Å². The Morgan fingerprint density at radius 1 is 1.25 bits per heavy atom. The van der Waals surface area contributed by atoms with E-state index in [1.165, 1.54) is 12.1 Å². The maximum absolute atomic E-state index is 13.6. The lowest BCUT2D eigenvalue weighted by Crippen LogP contribution is -2.56. The minimum absolute atomic E-state index is 0.0672. The van der Waals surface area contributed by atoms with Crippen molar-refractivity contribution in [3.63, 3.8) is 0 Å². The molecular formula is C17H11BrF3N3O4. The lowest BCUT2D eigenvalue weighted by molar-refractivity contribution is -0.384. The van der Waals surface area contributed by atoms with Crippen LogP contribution >= 0.6 is 15.9 Å². The van der Waals surface area contributed by atoms with E-state index < -0.39 is 40.4 Å². The summed E-state index contributed by atoms with van der Waals surface area (Å²) in [4.78, 5) is 22.7. The van der Waals surface area contributed by atoms with Gasteiger partial charge in [0.05, 0.1) is 17.1 Å². The molecule has 0 radical (unpaired) electrons. The summed E-state index contributed by atoms with van der Waals surface area (Å²) in [5.74, 6) is -1.31. The van der Waals surface area contributed by atoms with Gasteiger partial charge in [-0.1, -0.05) is 34.1 Å². The van der Waals surface area contributed by atoms with E-state index in [1.807, 2.05) is 0 Å². The second-order valence-electron chi connectivity index (χ2n) is 5.97. The first-order chi connectivity index (χ1) is 13.0. The average molecular weight is 458 g/mol. The molecule has 1 amide bonds. The molecule has 2 aromatic rings. The van der Waals surface area contributed by atoms with Gasteiger partial charge >= 0.3 is 6.18 Å². The number of carbonyl (C=O) groups is 1. The maximum atomic E-state index is 13.6. The van der Waals surface area contributed by atoms with Gasteiger partial charge < -0.3 is 5.11 Å². The number of halogens is 4. The number of benzene rings is 2. The Bertz CT molecular complexity index is 996. The second kappa shape index (κ2) is 6.99. The van der Waals surface area contributed by atoms with E-state index in [4.69, 9.17) is 0 Å². The summed E-state index contributed by atoms with van der Waals surface area (Å²) in [6.07, 6.45) is -6.19. The molecule has 0 bridgehead atoms. The van der Waals surface area contributed by atoms with Gasteiger partial charge in [0.15, 0.2) is 0 Å². The molecule has 1 atom stereocenters. The van der Waals surface area contributed by atoms with Gasteiger partial charge in [0.1, 0.15) is 0 Å².